The fraction of sp³-hybridized carbons (Fsp3) is 0.250. The number of rotatable bonds is 5. The molecule has 0 spiro atoms. The lowest BCUT2D eigenvalue weighted by Crippen LogP contribution is -2.49. The number of amides is 1. The zero-order valence-corrected chi connectivity index (χ0v) is 19.6. The molecular formula is C28H26N4O4. The van der Waals surface area contributed by atoms with Crippen LogP contribution >= 0.6 is 0 Å². The molecule has 0 radical (unpaired) electrons. The van der Waals surface area contributed by atoms with Crippen molar-refractivity contribution in [2.45, 2.75) is 24.9 Å². The molecule has 4 aromatic rings. The van der Waals surface area contributed by atoms with Gasteiger partial charge in [0, 0.05) is 71.2 Å². The Bertz CT molecular complexity index is 1520. The highest BCUT2D eigenvalue weighted by molar-refractivity contribution is 6.05. The average molecular weight is 483 g/mol. The van der Waals surface area contributed by atoms with Gasteiger partial charge in [0.05, 0.1) is 0 Å². The number of likely N-dealkylation sites (tertiary alicyclic amines) is 1. The molecular weight excluding hydrogens is 456 g/mol. The molecule has 3 N–H and O–H groups in total. The topological polar surface area (TPSA) is 107 Å². The number of carbonyl (C=O) groups is 2. The summed E-state index contributed by atoms with van der Waals surface area (Å²) >= 11 is 0. The number of carboxylic acids is 1. The Morgan fingerprint density at radius 1 is 1.00 bits per heavy atom. The molecule has 8 nitrogen and oxygen atoms in total. The van der Waals surface area contributed by atoms with Crippen LogP contribution in [-0.2, 0) is 11.3 Å². The Balaban J connectivity index is 1.32. The quantitative estimate of drug-likeness (QED) is 0.401. The summed E-state index contributed by atoms with van der Waals surface area (Å²) in [6, 6.07) is 19.0. The number of anilines is 1. The van der Waals surface area contributed by atoms with Gasteiger partial charge in [0.1, 0.15) is 6.04 Å². The molecule has 6 rings (SSSR count). The number of piperidine rings is 1. The molecule has 3 atom stereocenters. The van der Waals surface area contributed by atoms with E-state index in [-0.39, 0.29) is 23.3 Å². The van der Waals surface area contributed by atoms with Gasteiger partial charge in [-0.2, -0.15) is 0 Å². The van der Waals surface area contributed by atoms with Crippen molar-refractivity contribution >= 4 is 28.5 Å². The molecule has 2 aliphatic heterocycles. The van der Waals surface area contributed by atoms with E-state index >= 15 is 0 Å². The number of H-pyrrole nitrogens is 1. The Kier molecular flexibility index (Phi) is 5.45. The number of aromatic nitrogens is 2. The molecule has 36 heavy (non-hydrogen) atoms. The molecule has 0 aliphatic carbocycles. The number of nitrogens with zero attached hydrogens (tertiary/aromatic N) is 2. The van der Waals surface area contributed by atoms with E-state index in [0.717, 1.165) is 23.0 Å². The van der Waals surface area contributed by atoms with E-state index in [0.29, 0.717) is 36.4 Å². The van der Waals surface area contributed by atoms with Gasteiger partial charge in [0.15, 0.2) is 0 Å². The highest BCUT2D eigenvalue weighted by atomic mass is 16.4. The Labute approximate surface area is 207 Å². The van der Waals surface area contributed by atoms with Crippen LogP contribution in [0.5, 0.6) is 0 Å². The minimum Gasteiger partial charge on any atom is -0.480 e. The SMILES string of the molecule is O=C(Nc1ccc2[nH]cc([C@@H](C(=O)O)N3C[C@H]4C[C@H](C3)c3cccc(=O)n3C4)c2c1)c1ccccc1. The van der Waals surface area contributed by atoms with Gasteiger partial charge in [-0.1, -0.05) is 24.3 Å². The van der Waals surface area contributed by atoms with Gasteiger partial charge < -0.3 is 20.0 Å². The normalized spacial score (nSPS) is 20.0. The Hall–Kier alpha value is -4.17. The van der Waals surface area contributed by atoms with E-state index in [9.17, 15) is 19.5 Å². The van der Waals surface area contributed by atoms with Crippen LogP contribution < -0.4 is 10.9 Å². The lowest BCUT2D eigenvalue weighted by Gasteiger charge is -2.44. The van der Waals surface area contributed by atoms with Crippen molar-refractivity contribution in [1.82, 2.24) is 14.5 Å². The molecule has 182 valence electrons. The first-order chi connectivity index (χ1) is 17.5. The number of aromatic amines is 1. The van der Waals surface area contributed by atoms with Crippen LogP contribution in [0.4, 0.5) is 5.69 Å². The third kappa shape index (κ3) is 3.89. The fourth-order valence-electron chi connectivity index (χ4n) is 5.87. The molecule has 2 aromatic carbocycles. The van der Waals surface area contributed by atoms with E-state index in [1.807, 2.05) is 45.9 Å². The molecule has 0 unspecified atom stereocenters. The predicted octanol–water partition coefficient (Wildman–Crippen LogP) is 3.83. The Morgan fingerprint density at radius 3 is 2.64 bits per heavy atom. The van der Waals surface area contributed by atoms with Crippen LogP contribution in [0.3, 0.4) is 0 Å². The monoisotopic (exact) mass is 482 g/mol. The number of carbonyl (C=O) groups excluding carboxylic acids is 1. The highest BCUT2D eigenvalue weighted by Gasteiger charge is 2.40. The molecule has 1 amide bonds. The van der Waals surface area contributed by atoms with Crippen LogP contribution in [0, 0.1) is 5.92 Å². The maximum atomic E-state index is 12.7. The van der Waals surface area contributed by atoms with Crippen molar-refractivity contribution in [2.24, 2.45) is 5.92 Å². The number of fused-ring (bicyclic) bond motifs is 5. The third-order valence-corrected chi connectivity index (χ3v) is 7.41. The summed E-state index contributed by atoms with van der Waals surface area (Å²) in [5.41, 5.74) is 3.62. The third-order valence-electron chi connectivity index (χ3n) is 7.41. The number of hydrogen-bond donors (Lipinski definition) is 3. The molecule has 1 saturated heterocycles. The largest absolute Gasteiger partial charge is 0.480 e. The van der Waals surface area contributed by atoms with Crippen molar-refractivity contribution in [2.75, 3.05) is 18.4 Å². The van der Waals surface area contributed by atoms with E-state index < -0.39 is 12.0 Å². The standard InChI is InChI=1S/C28H26N4O4/c33-25-8-4-7-24-19-11-17(15-32(24)25)14-31(16-19)26(28(35)36)22-13-29-23-10-9-20(12-21(22)23)30-27(34)18-5-2-1-3-6-18/h1-10,12-13,17,19,26,29H,11,14-16H2,(H,30,34)(H,35,36)/t17-,19-,26+/m1/s1. The van der Waals surface area contributed by atoms with Crippen LogP contribution in [-0.4, -0.2) is 44.5 Å². The minimum absolute atomic E-state index is 0.00661. The number of pyridine rings is 1. The second-order valence-electron chi connectivity index (χ2n) is 9.72. The summed E-state index contributed by atoms with van der Waals surface area (Å²) in [5, 5.41) is 14.0. The molecule has 1 fully saturated rings. The summed E-state index contributed by atoms with van der Waals surface area (Å²) in [6.07, 6.45) is 2.71. The van der Waals surface area contributed by atoms with Gasteiger partial charge in [-0.25, -0.2) is 0 Å². The van der Waals surface area contributed by atoms with Crippen molar-refractivity contribution in [3.05, 3.63) is 100 Å². The molecule has 4 heterocycles. The molecule has 2 aromatic heterocycles. The first-order valence-corrected chi connectivity index (χ1v) is 12.1. The number of nitrogens with one attached hydrogen (secondary N) is 2. The number of benzene rings is 2. The van der Waals surface area contributed by atoms with Gasteiger partial charge in [0.25, 0.3) is 11.5 Å². The zero-order chi connectivity index (χ0) is 24.8. The summed E-state index contributed by atoms with van der Waals surface area (Å²) in [4.78, 5) is 42.9. The first-order valence-electron chi connectivity index (χ1n) is 12.1. The average Bonchev–Trinajstić information content (AvgIpc) is 3.28. The van der Waals surface area contributed by atoms with Gasteiger partial charge >= 0.3 is 5.97 Å². The van der Waals surface area contributed by atoms with Crippen LogP contribution in [0.1, 0.15) is 40.0 Å². The Morgan fingerprint density at radius 2 is 1.83 bits per heavy atom. The van der Waals surface area contributed by atoms with Crippen molar-refractivity contribution in [3.8, 4) is 0 Å². The van der Waals surface area contributed by atoms with Gasteiger partial charge in [-0.3, -0.25) is 19.3 Å². The molecule has 8 heteroatoms. The van der Waals surface area contributed by atoms with E-state index in [1.165, 1.54) is 0 Å². The van der Waals surface area contributed by atoms with Gasteiger partial charge in [-0.05, 0) is 48.7 Å². The van der Waals surface area contributed by atoms with Crippen molar-refractivity contribution in [1.29, 1.82) is 0 Å². The number of aliphatic carboxylic acids is 1. The van der Waals surface area contributed by atoms with Crippen LogP contribution in [0.25, 0.3) is 10.9 Å². The van der Waals surface area contributed by atoms with E-state index in [2.05, 4.69) is 10.3 Å². The van der Waals surface area contributed by atoms with Crippen LogP contribution in [0.2, 0.25) is 0 Å². The number of carboxylic acid groups (broad SMARTS) is 1. The molecule has 0 saturated carbocycles. The van der Waals surface area contributed by atoms with E-state index in [1.54, 1.807) is 36.5 Å². The summed E-state index contributed by atoms with van der Waals surface area (Å²) in [5.74, 6) is -0.817. The van der Waals surface area contributed by atoms with Crippen molar-refractivity contribution in [3.63, 3.8) is 0 Å². The smallest absolute Gasteiger partial charge is 0.325 e. The maximum absolute atomic E-state index is 12.7. The minimum atomic E-state index is -0.917. The molecule has 2 bridgehead atoms. The zero-order valence-electron chi connectivity index (χ0n) is 19.6. The summed E-state index contributed by atoms with van der Waals surface area (Å²) < 4.78 is 1.85. The first kappa shape index (κ1) is 22.3. The van der Waals surface area contributed by atoms with Crippen LogP contribution in [0.15, 0.2) is 77.7 Å². The number of hydrogen-bond acceptors (Lipinski definition) is 4. The van der Waals surface area contributed by atoms with Gasteiger partial charge in [-0.15, -0.1) is 0 Å². The molecule has 2 aliphatic rings. The second kappa shape index (κ2) is 8.80. The second-order valence-corrected chi connectivity index (χ2v) is 9.72. The fourth-order valence-corrected chi connectivity index (χ4v) is 5.87. The summed E-state index contributed by atoms with van der Waals surface area (Å²) in [7, 11) is 0. The maximum Gasteiger partial charge on any atom is 0.325 e. The van der Waals surface area contributed by atoms with Crippen molar-refractivity contribution < 1.29 is 14.7 Å². The lowest BCUT2D eigenvalue weighted by molar-refractivity contribution is -0.144. The lowest BCUT2D eigenvalue weighted by atomic mass is 9.82. The predicted molar refractivity (Wildman–Crippen MR) is 136 cm³/mol. The van der Waals surface area contributed by atoms with Gasteiger partial charge in [0.2, 0.25) is 0 Å². The summed E-state index contributed by atoms with van der Waals surface area (Å²) in [6.45, 7) is 1.78. The van der Waals surface area contributed by atoms with E-state index in [4.69, 9.17) is 0 Å². The highest BCUT2D eigenvalue weighted by Crippen LogP contribution is 2.40.